The van der Waals surface area contributed by atoms with Crippen LogP contribution in [0, 0.1) is 0 Å². The van der Waals surface area contributed by atoms with Crippen LogP contribution in [-0.2, 0) is 11.2 Å². The zero-order chi connectivity index (χ0) is 12.3. The lowest BCUT2D eigenvalue weighted by Crippen LogP contribution is -2.15. The molecule has 1 aromatic carbocycles. The minimum atomic E-state index is -0.413. The average Bonchev–Trinajstić information content (AvgIpc) is 2.28. The highest BCUT2D eigenvalue weighted by atomic mass is 16.4. The molecule has 2 aromatic rings. The van der Waals surface area contributed by atoms with E-state index in [1.807, 2.05) is 6.07 Å². The van der Waals surface area contributed by atoms with E-state index in [9.17, 15) is 9.59 Å². The van der Waals surface area contributed by atoms with Gasteiger partial charge in [0.05, 0.1) is 0 Å². The normalized spacial score (nSPS) is 10.4. The Morgan fingerprint density at radius 1 is 1.35 bits per heavy atom. The Bertz CT molecular complexity index is 604. The topological polar surface area (TPSA) is 85.3 Å². The van der Waals surface area contributed by atoms with Gasteiger partial charge >= 0.3 is 5.63 Å². The van der Waals surface area contributed by atoms with Crippen LogP contribution < -0.4 is 16.7 Å². The maximum absolute atomic E-state index is 11.4. The van der Waals surface area contributed by atoms with Crippen molar-refractivity contribution in [2.24, 2.45) is 0 Å². The lowest BCUT2D eigenvalue weighted by molar-refractivity contribution is -0.109. The van der Waals surface area contributed by atoms with E-state index in [1.54, 1.807) is 12.1 Å². The van der Waals surface area contributed by atoms with E-state index < -0.39 is 5.63 Å². The largest absolute Gasteiger partial charge is 0.423 e. The Balaban J connectivity index is 2.46. The van der Waals surface area contributed by atoms with Crippen LogP contribution in [0.1, 0.15) is 5.56 Å². The molecule has 0 aliphatic carbocycles. The van der Waals surface area contributed by atoms with Gasteiger partial charge < -0.3 is 15.5 Å². The van der Waals surface area contributed by atoms with Gasteiger partial charge in [0, 0.05) is 29.8 Å². The van der Waals surface area contributed by atoms with Crippen LogP contribution in [0.15, 0.2) is 33.5 Å². The molecule has 2 rings (SSSR count). The number of hydrogen-bond donors (Lipinski definition) is 2. The van der Waals surface area contributed by atoms with Crippen molar-refractivity contribution < 1.29 is 9.21 Å². The highest BCUT2D eigenvalue weighted by molar-refractivity contribution is 5.83. The molecule has 0 saturated heterocycles. The molecule has 1 aromatic heterocycles. The zero-order valence-electron chi connectivity index (χ0n) is 9.10. The summed E-state index contributed by atoms with van der Waals surface area (Å²) in [5.41, 5.74) is 7.07. The molecule has 3 N–H and O–H groups in total. The highest BCUT2D eigenvalue weighted by Gasteiger charge is 2.05. The fourth-order valence-electron chi connectivity index (χ4n) is 1.72. The summed E-state index contributed by atoms with van der Waals surface area (Å²) >= 11 is 0. The number of carbonyl (C=O) groups excluding carboxylic acids is 1. The first-order valence-electron chi connectivity index (χ1n) is 5.20. The second-order valence-electron chi connectivity index (χ2n) is 3.67. The number of hydrogen-bond acceptors (Lipinski definition) is 4. The number of carbonyl (C=O) groups is 1. The summed E-state index contributed by atoms with van der Waals surface area (Å²) in [4.78, 5) is 21.5. The van der Waals surface area contributed by atoms with Crippen molar-refractivity contribution in [3.63, 3.8) is 0 Å². The first-order chi connectivity index (χ1) is 8.20. The fraction of sp³-hybridized carbons (Fsp3) is 0.167. The molecule has 0 bridgehead atoms. The van der Waals surface area contributed by atoms with Crippen LogP contribution in [0.25, 0.3) is 11.0 Å². The molecule has 0 fully saturated rings. The molecular formula is C12H12N2O3. The third kappa shape index (κ3) is 2.44. The van der Waals surface area contributed by atoms with Gasteiger partial charge in [-0.15, -0.1) is 0 Å². The van der Waals surface area contributed by atoms with Crippen LogP contribution in [-0.4, -0.2) is 13.0 Å². The molecule has 0 spiro atoms. The summed E-state index contributed by atoms with van der Waals surface area (Å²) in [6.07, 6.45) is 1.20. The minimum absolute atomic E-state index is 0.413. The maximum atomic E-state index is 11.4. The van der Waals surface area contributed by atoms with Crippen molar-refractivity contribution in [1.29, 1.82) is 0 Å². The zero-order valence-corrected chi connectivity index (χ0v) is 9.10. The number of amides is 1. The molecule has 88 valence electrons. The number of nitrogens with two attached hydrogens (primary N) is 1. The third-order valence-electron chi connectivity index (χ3n) is 2.48. The van der Waals surface area contributed by atoms with Gasteiger partial charge in [0.2, 0.25) is 6.41 Å². The Kier molecular flexibility index (Phi) is 3.09. The number of fused-ring (bicyclic) bond motifs is 1. The van der Waals surface area contributed by atoms with Gasteiger partial charge in [-0.25, -0.2) is 4.79 Å². The molecule has 0 radical (unpaired) electrons. The Hall–Kier alpha value is -2.30. The summed E-state index contributed by atoms with van der Waals surface area (Å²) in [5.74, 6) is 0. The number of anilines is 1. The molecule has 1 amide bonds. The lowest BCUT2D eigenvalue weighted by atomic mass is 10.1. The SMILES string of the molecule is Nc1ccc2c(CCNC=O)cc(=O)oc2c1. The second kappa shape index (κ2) is 4.69. The molecule has 0 aliphatic rings. The van der Waals surface area contributed by atoms with Crippen LogP contribution >= 0.6 is 0 Å². The van der Waals surface area contributed by atoms with Crippen LogP contribution in [0.2, 0.25) is 0 Å². The molecule has 5 nitrogen and oxygen atoms in total. The summed E-state index contributed by atoms with van der Waals surface area (Å²) in [6, 6.07) is 6.61. The van der Waals surface area contributed by atoms with Gasteiger partial charge in [-0.2, -0.15) is 0 Å². The van der Waals surface area contributed by atoms with Gasteiger partial charge in [-0.05, 0) is 24.1 Å². The number of nitrogens with one attached hydrogen (secondary N) is 1. The van der Waals surface area contributed by atoms with Gasteiger partial charge in [-0.1, -0.05) is 0 Å². The van der Waals surface area contributed by atoms with E-state index in [0.717, 1.165) is 10.9 Å². The van der Waals surface area contributed by atoms with Crippen molar-refractivity contribution >= 4 is 23.1 Å². The molecule has 0 unspecified atom stereocenters. The Morgan fingerprint density at radius 2 is 2.18 bits per heavy atom. The highest BCUT2D eigenvalue weighted by Crippen LogP contribution is 2.19. The molecule has 0 saturated carbocycles. The molecule has 17 heavy (non-hydrogen) atoms. The fourth-order valence-corrected chi connectivity index (χ4v) is 1.72. The monoisotopic (exact) mass is 232 g/mol. The predicted octanol–water partition coefficient (Wildman–Crippen LogP) is 0.664. The van der Waals surface area contributed by atoms with E-state index in [0.29, 0.717) is 30.6 Å². The molecule has 1 heterocycles. The van der Waals surface area contributed by atoms with E-state index in [2.05, 4.69) is 5.32 Å². The Labute approximate surface area is 97.2 Å². The predicted molar refractivity (Wildman–Crippen MR) is 64.7 cm³/mol. The maximum Gasteiger partial charge on any atom is 0.336 e. The summed E-state index contributed by atoms with van der Waals surface area (Å²) < 4.78 is 5.06. The molecule has 0 aliphatic heterocycles. The standard InChI is InChI=1S/C12H12N2O3/c13-9-1-2-10-8(3-4-14-7-15)5-12(16)17-11(10)6-9/h1-2,5-7H,3-4,13H2,(H,14,15). The van der Waals surface area contributed by atoms with E-state index in [1.165, 1.54) is 6.07 Å². The summed E-state index contributed by atoms with van der Waals surface area (Å²) in [6.45, 7) is 0.479. The first kappa shape index (κ1) is 11.2. The van der Waals surface area contributed by atoms with Gasteiger partial charge in [0.1, 0.15) is 5.58 Å². The van der Waals surface area contributed by atoms with Gasteiger partial charge in [0.15, 0.2) is 0 Å². The van der Waals surface area contributed by atoms with Gasteiger partial charge in [-0.3, -0.25) is 4.79 Å². The van der Waals surface area contributed by atoms with Crippen molar-refractivity contribution in [2.45, 2.75) is 6.42 Å². The smallest absolute Gasteiger partial charge is 0.336 e. The van der Waals surface area contributed by atoms with E-state index in [-0.39, 0.29) is 0 Å². The van der Waals surface area contributed by atoms with Gasteiger partial charge in [0.25, 0.3) is 0 Å². The van der Waals surface area contributed by atoms with Crippen molar-refractivity contribution in [3.05, 3.63) is 40.2 Å². The molecule has 5 heteroatoms. The number of rotatable bonds is 4. The van der Waals surface area contributed by atoms with Crippen LogP contribution in [0.4, 0.5) is 5.69 Å². The minimum Gasteiger partial charge on any atom is -0.423 e. The Morgan fingerprint density at radius 3 is 2.94 bits per heavy atom. The number of benzene rings is 1. The lowest BCUT2D eigenvalue weighted by Gasteiger charge is -2.05. The number of nitrogen functional groups attached to an aromatic ring is 1. The van der Waals surface area contributed by atoms with Crippen LogP contribution in [0.3, 0.4) is 0 Å². The quantitative estimate of drug-likeness (QED) is 0.351. The molecular weight excluding hydrogens is 220 g/mol. The summed E-state index contributed by atoms with van der Waals surface area (Å²) in [5, 5.41) is 3.39. The second-order valence-corrected chi connectivity index (χ2v) is 3.67. The third-order valence-corrected chi connectivity index (χ3v) is 2.48. The van der Waals surface area contributed by atoms with E-state index in [4.69, 9.17) is 10.2 Å². The average molecular weight is 232 g/mol. The van der Waals surface area contributed by atoms with E-state index >= 15 is 0 Å². The molecule has 0 atom stereocenters. The van der Waals surface area contributed by atoms with Crippen LogP contribution in [0.5, 0.6) is 0 Å². The first-order valence-corrected chi connectivity index (χ1v) is 5.20. The van der Waals surface area contributed by atoms with Crippen molar-refractivity contribution in [2.75, 3.05) is 12.3 Å². The van der Waals surface area contributed by atoms with Crippen molar-refractivity contribution in [1.82, 2.24) is 5.32 Å². The summed E-state index contributed by atoms with van der Waals surface area (Å²) in [7, 11) is 0. The van der Waals surface area contributed by atoms with Crippen molar-refractivity contribution in [3.8, 4) is 0 Å².